The quantitative estimate of drug-likeness (QED) is 0.452. The monoisotopic (exact) mass is 291 g/mol. The fourth-order valence-electron chi connectivity index (χ4n) is 0.321. The molecule has 2 unspecified atom stereocenters. The van der Waals surface area contributed by atoms with Crippen LogP contribution in [-0.4, -0.2) is 37.7 Å². The molecule has 0 heterocycles. The van der Waals surface area contributed by atoms with Gasteiger partial charge in [-0.05, 0) is 6.42 Å². The molecule has 2 atom stereocenters. The second kappa shape index (κ2) is 9.20. The number of hydrogen-bond donors (Lipinski definition) is 4. The SMILES string of the molecule is CCC(NO)C(=O)O.O=C(O)C(Cl)Br. The van der Waals surface area contributed by atoms with E-state index in [1.54, 1.807) is 12.4 Å². The normalized spacial score (nSPS) is 13.4. The average molecular weight is 293 g/mol. The molecule has 0 fully saturated rings. The number of nitrogens with one attached hydrogen (secondary N) is 1. The molecule has 0 radical (unpaired) electrons. The summed E-state index contributed by atoms with van der Waals surface area (Å²) in [6, 6.07) is -0.824. The van der Waals surface area contributed by atoms with Gasteiger partial charge in [0.05, 0.1) is 0 Å². The van der Waals surface area contributed by atoms with Crippen LogP contribution in [-0.2, 0) is 9.59 Å². The summed E-state index contributed by atoms with van der Waals surface area (Å²) >= 11 is 7.53. The molecule has 14 heavy (non-hydrogen) atoms. The van der Waals surface area contributed by atoms with Gasteiger partial charge in [-0.1, -0.05) is 34.5 Å². The maximum absolute atomic E-state index is 9.94. The van der Waals surface area contributed by atoms with Crippen LogP contribution < -0.4 is 5.48 Å². The van der Waals surface area contributed by atoms with Crippen LogP contribution >= 0.6 is 27.5 Å². The lowest BCUT2D eigenvalue weighted by atomic mass is 10.2. The van der Waals surface area contributed by atoms with Crippen molar-refractivity contribution in [1.82, 2.24) is 5.48 Å². The topological polar surface area (TPSA) is 107 Å². The van der Waals surface area contributed by atoms with E-state index in [9.17, 15) is 9.59 Å². The Morgan fingerprint density at radius 2 is 1.79 bits per heavy atom. The van der Waals surface area contributed by atoms with Gasteiger partial charge in [0.15, 0.2) is 4.29 Å². The van der Waals surface area contributed by atoms with Crippen LogP contribution in [0, 0.1) is 0 Å². The van der Waals surface area contributed by atoms with Crippen molar-refractivity contribution in [3.8, 4) is 0 Å². The summed E-state index contributed by atoms with van der Waals surface area (Å²) in [5.74, 6) is -2.09. The number of carboxylic acid groups (broad SMARTS) is 2. The number of hydrogen-bond acceptors (Lipinski definition) is 4. The number of aliphatic carboxylic acids is 2. The van der Waals surface area contributed by atoms with E-state index in [-0.39, 0.29) is 0 Å². The van der Waals surface area contributed by atoms with E-state index in [1.165, 1.54) is 0 Å². The highest BCUT2D eigenvalue weighted by molar-refractivity contribution is 9.10. The molecule has 0 aromatic rings. The van der Waals surface area contributed by atoms with Crippen LogP contribution in [0.3, 0.4) is 0 Å². The highest BCUT2D eigenvalue weighted by Gasteiger charge is 2.11. The summed E-state index contributed by atoms with van der Waals surface area (Å²) in [4.78, 5) is 19.5. The highest BCUT2D eigenvalue weighted by atomic mass is 79.9. The molecule has 0 saturated carbocycles. The van der Waals surface area contributed by atoms with Gasteiger partial charge in [-0.25, -0.2) is 4.79 Å². The lowest BCUT2D eigenvalue weighted by molar-refractivity contribution is -0.142. The van der Waals surface area contributed by atoms with E-state index >= 15 is 0 Å². The zero-order valence-corrected chi connectivity index (χ0v) is 9.62. The van der Waals surface area contributed by atoms with Gasteiger partial charge in [0, 0.05) is 0 Å². The molecule has 0 aliphatic carbocycles. The Morgan fingerprint density at radius 1 is 1.43 bits per heavy atom. The molecule has 6 nitrogen and oxygen atoms in total. The predicted molar refractivity (Wildman–Crippen MR) is 52.8 cm³/mol. The van der Waals surface area contributed by atoms with Gasteiger partial charge >= 0.3 is 11.9 Å². The Bertz CT molecular complexity index is 185. The van der Waals surface area contributed by atoms with Crippen LogP contribution in [0.1, 0.15) is 13.3 Å². The molecule has 0 aliphatic rings. The van der Waals surface area contributed by atoms with Crippen molar-refractivity contribution in [3.05, 3.63) is 0 Å². The maximum Gasteiger partial charge on any atom is 0.332 e. The molecule has 0 bridgehead atoms. The molecule has 0 rings (SSSR count). The van der Waals surface area contributed by atoms with E-state index in [2.05, 4.69) is 15.9 Å². The van der Waals surface area contributed by atoms with Gasteiger partial charge < -0.3 is 15.4 Å². The van der Waals surface area contributed by atoms with Crippen molar-refractivity contribution >= 4 is 39.5 Å². The predicted octanol–water partition coefficient (Wildman–Crippen LogP) is 0.859. The summed E-state index contributed by atoms with van der Waals surface area (Å²) in [5, 5.41) is 24.0. The van der Waals surface area contributed by atoms with Gasteiger partial charge in [0.1, 0.15) is 6.04 Å². The van der Waals surface area contributed by atoms with Crippen molar-refractivity contribution in [3.63, 3.8) is 0 Å². The zero-order valence-electron chi connectivity index (χ0n) is 7.28. The standard InChI is InChI=1S/C4H9NO3.C2H2BrClO2/c1-2-3(5-8)4(6)7;3-1(4)2(5)6/h3,5,8H,2H2,1H3,(H,6,7);1H,(H,5,6). The third-order valence-electron chi connectivity index (χ3n) is 1.05. The smallest absolute Gasteiger partial charge is 0.332 e. The number of carboxylic acids is 2. The van der Waals surface area contributed by atoms with Gasteiger partial charge in [0.2, 0.25) is 0 Å². The Labute approximate surface area is 94.0 Å². The molecule has 0 saturated heterocycles. The van der Waals surface area contributed by atoms with Crippen molar-refractivity contribution < 1.29 is 25.0 Å². The van der Waals surface area contributed by atoms with E-state index < -0.39 is 22.3 Å². The Balaban J connectivity index is 0. The summed E-state index contributed by atoms with van der Waals surface area (Å²) in [5.41, 5.74) is 1.65. The van der Waals surface area contributed by atoms with Crippen molar-refractivity contribution in [2.24, 2.45) is 0 Å². The molecule has 0 aromatic heterocycles. The zero-order chi connectivity index (χ0) is 11.7. The minimum atomic E-state index is -1.06. The third-order valence-corrected chi connectivity index (χ3v) is 1.63. The van der Waals surface area contributed by atoms with Crippen LogP contribution in [0.5, 0.6) is 0 Å². The van der Waals surface area contributed by atoms with Crippen LogP contribution in [0.15, 0.2) is 0 Å². The number of alkyl halides is 2. The molecular formula is C6H11BrClNO5. The number of carbonyl (C=O) groups is 2. The number of halogens is 2. The minimum Gasteiger partial charge on any atom is -0.480 e. The first-order chi connectivity index (χ1) is 6.36. The summed E-state index contributed by atoms with van der Waals surface area (Å²) in [6.07, 6.45) is 0.381. The molecule has 4 N–H and O–H groups in total. The van der Waals surface area contributed by atoms with Crippen molar-refractivity contribution in [2.45, 2.75) is 23.7 Å². The van der Waals surface area contributed by atoms with Gasteiger partial charge in [-0.15, -0.1) is 0 Å². The van der Waals surface area contributed by atoms with Crippen molar-refractivity contribution in [1.29, 1.82) is 0 Å². The van der Waals surface area contributed by atoms with Crippen LogP contribution in [0.25, 0.3) is 0 Å². The second-order valence-electron chi connectivity index (χ2n) is 2.07. The maximum atomic E-state index is 9.94. The fourth-order valence-corrected chi connectivity index (χ4v) is 0.321. The number of rotatable bonds is 4. The molecular weight excluding hydrogens is 281 g/mol. The van der Waals surface area contributed by atoms with Gasteiger partial charge in [-0.3, -0.25) is 4.79 Å². The van der Waals surface area contributed by atoms with E-state index in [0.29, 0.717) is 6.42 Å². The van der Waals surface area contributed by atoms with Gasteiger partial charge in [-0.2, -0.15) is 5.48 Å². The minimum absolute atomic E-state index is 0.381. The largest absolute Gasteiger partial charge is 0.480 e. The Morgan fingerprint density at radius 3 is 1.79 bits per heavy atom. The van der Waals surface area contributed by atoms with Gasteiger partial charge in [0.25, 0.3) is 0 Å². The molecule has 0 spiro atoms. The van der Waals surface area contributed by atoms with Crippen LogP contribution in [0.2, 0.25) is 0 Å². The van der Waals surface area contributed by atoms with Crippen LogP contribution in [0.4, 0.5) is 0 Å². The average Bonchev–Trinajstić information content (AvgIpc) is 2.06. The Kier molecular flexibility index (Phi) is 10.6. The first-order valence-corrected chi connectivity index (χ1v) is 4.85. The van der Waals surface area contributed by atoms with E-state index in [4.69, 9.17) is 27.0 Å². The first kappa shape index (κ1) is 16.1. The highest BCUT2D eigenvalue weighted by Crippen LogP contribution is 2.02. The fraction of sp³-hybridized carbons (Fsp3) is 0.667. The molecule has 84 valence electrons. The van der Waals surface area contributed by atoms with E-state index in [1.807, 2.05) is 0 Å². The lowest BCUT2D eigenvalue weighted by Gasteiger charge is -2.03. The summed E-state index contributed by atoms with van der Waals surface area (Å²) in [7, 11) is 0. The number of hydroxylamine groups is 1. The summed E-state index contributed by atoms with van der Waals surface area (Å²) in [6.45, 7) is 1.67. The molecule has 8 heteroatoms. The molecule has 0 aromatic carbocycles. The first-order valence-electron chi connectivity index (χ1n) is 3.50. The third kappa shape index (κ3) is 9.72. The molecule has 0 aliphatic heterocycles. The Hall–Kier alpha value is -0.370. The summed E-state index contributed by atoms with van der Waals surface area (Å²) < 4.78 is -0.947. The lowest BCUT2D eigenvalue weighted by Crippen LogP contribution is -2.33. The van der Waals surface area contributed by atoms with E-state index in [0.717, 1.165) is 0 Å². The molecule has 0 amide bonds. The second-order valence-corrected chi connectivity index (χ2v) is 3.95. The van der Waals surface area contributed by atoms with Crippen molar-refractivity contribution in [2.75, 3.05) is 0 Å².